The Morgan fingerprint density at radius 1 is 1.48 bits per heavy atom. The molecule has 21 heavy (non-hydrogen) atoms. The SMILES string of the molecule is CCOCC(=O)Nc1ccc([NH2+]C2CCCC2)nc1N.[Cl-]. The number of pyridine rings is 1. The molecule has 0 radical (unpaired) electrons. The fraction of sp³-hybridized carbons (Fsp3) is 0.571. The molecule has 1 saturated carbocycles. The van der Waals surface area contributed by atoms with E-state index in [1.165, 1.54) is 25.7 Å². The number of anilines is 2. The van der Waals surface area contributed by atoms with Gasteiger partial charge in [0.05, 0.1) is 11.7 Å². The summed E-state index contributed by atoms with van der Waals surface area (Å²) in [6, 6.07) is 4.30. The topological polar surface area (TPSA) is 93.8 Å². The highest BCUT2D eigenvalue weighted by Crippen LogP contribution is 2.18. The van der Waals surface area contributed by atoms with Gasteiger partial charge in [-0.1, -0.05) is 0 Å². The van der Waals surface area contributed by atoms with E-state index in [2.05, 4.69) is 15.6 Å². The summed E-state index contributed by atoms with van der Waals surface area (Å²) in [7, 11) is 0. The molecule has 1 aliphatic carbocycles. The lowest BCUT2D eigenvalue weighted by molar-refractivity contribution is -0.612. The minimum absolute atomic E-state index is 0. The van der Waals surface area contributed by atoms with Crippen molar-refractivity contribution in [3.63, 3.8) is 0 Å². The summed E-state index contributed by atoms with van der Waals surface area (Å²) < 4.78 is 5.04. The molecule has 1 aromatic rings. The number of quaternary nitrogens is 1. The Morgan fingerprint density at radius 3 is 2.81 bits per heavy atom. The molecular weight excluding hydrogens is 292 g/mol. The maximum atomic E-state index is 11.6. The van der Waals surface area contributed by atoms with Crippen LogP contribution in [0.25, 0.3) is 0 Å². The van der Waals surface area contributed by atoms with Crippen LogP contribution in [0.3, 0.4) is 0 Å². The highest BCUT2D eigenvalue weighted by molar-refractivity contribution is 5.94. The summed E-state index contributed by atoms with van der Waals surface area (Å²) >= 11 is 0. The third kappa shape index (κ3) is 5.49. The lowest BCUT2D eigenvalue weighted by Gasteiger charge is -2.10. The van der Waals surface area contributed by atoms with Gasteiger partial charge in [0.2, 0.25) is 11.7 Å². The number of halogens is 1. The standard InChI is InChI=1S/C14H22N4O2.ClH/c1-2-20-9-13(19)17-11-7-8-12(18-14(11)15)16-10-5-3-4-6-10;/h7-8,10H,2-6,9H2,1H3,(H,17,19)(H3,15,16,18);1H. The van der Waals surface area contributed by atoms with E-state index < -0.39 is 0 Å². The first-order valence-electron chi connectivity index (χ1n) is 7.18. The third-order valence-corrected chi connectivity index (χ3v) is 3.46. The summed E-state index contributed by atoms with van der Waals surface area (Å²) in [4.78, 5) is 15.9. The van der Waals surface area contributed by atoms with Gasteiger partial charge in [0.15, 0.2) is 5.82 Å². The normalized spacial score (nSPS) is 14.7. The van der Waals surface area contributed by atoms with Crippen molar-refractivity contribution in [1.82, 2.24) is 4.98 Å². The molecule has 1 fully saturated rings. The minimum Gasteiger partial charge on any atom is -1.00 e. The zero-order valence-electron chi connectivity index (χ0n) is 12.3. The summed E-state index contributed by atoms with van der Waals surface area (Å²) in [6.07, 6.45) is 5.05. The molecule has 1 aliphatic rings. The number of nitrogen functional groups attached to an aromatic ring is 1. The van der Waals surface area contributed by atoms with Gasteiger partial charge < -0.3 is 28.2 Å². The zero-order chi connectivity index (χ0) is 14.4. The maximum absolute atomic E-state index is 11.6. The molecule has 2 rings (SSSR count). The molecule has 1 heterocycles. The number of amides is 1. The molecule has 1 amide bonds. The molecule has 0 aliphatic heterocycles. The average molecular weight is 315 g/mol. The van der Waals surface area contributed by atoms with Gasteiger partial charge in [-0.25, -0.2) is 0 Å². The number of nitrogens with two attached hydrogens (primary N) is 2. The first kappa shape index (κ1) is 17.7. The van der Waals surface area contributed by atoms with Crippen LogP contribution in [0.5, 0.6) is 0 Å². The predicted molar refractivity (Wildman–Crippen MR) is 77.6 cm³/mol. The monoisotopic (exact) mass is 314 g/mol. The molecule has 0 bridgehead atoms. The molecule has 0 aromatic carbocycles. The van der Waals surface area contributed by atoms with Crippen molar-refractivity contribution < 1.29 is 27.3 Å². The first-order chi connectivity index (χ1) is 9.69. The fourth-order valence-electron chi connectivity index (χ4n) is 2.44. The number of nitrogens with one attached hydrogen (secondary N) is 1. The number of ether oxygens (including phenoxy) is 1. The van der Waals surface area contributed by atoms with Gasteiger partial charge in [0.25, 0.3) is 0 Å². The Morgan fingerprint density at radius 2 is 2.19 bits per heavy atom. The Hall–Kier alpha value is -1.37. The molecule has 0 spiro atoms. The second-order valence-electron chi connectivity index (χ2n) is 5.07. The van der Waals surface area contributed by atoms with Gasteiger partial charge in [-0.3, -0.25) is 10.1 Å². The fourth-order valence-corrected chi connectivity index (χ4v) is 2.44. The number of hydrogen-bond donors (Lipinski definition) is 3. The number of rotatable bonds is 6. The van der Waals surface area contributed by atoms with Gasteiger partial charge in [-0.05, 0) is 38.7 Å². The van der Waals surface area contributed by atoms with Crippen LogP contribution < -0.4 is 28.8 Å². The van der Waals surface area contributed by atoms with Gasteiger partial charge >= 0.3 is 0 Å². The van der Waals surface area contributed by atoms with Crippen LogP contribution >= 0.6 is 0 Å². The molecule has 0 saturated heterocycles. The third-order valence-electron chi connectivity index (χ3n) is 3.46. The summed E-state index contributed by atoms with van der Waals surface area (Å²) in [5.74, 6) is 1.02. The lowest BCUT2D eigenvalue weighted by atomic mass is 10.2. The van der Waals surface area contributed by atoms with Crippen LogP contribution in [0.2, 0.25) is 0 Å². The minimum atomic E-state index is -0.215. The molecule has 0 atom stereocenters. The van der Waals surface area contributed by atoms with Crippen LogP contribution in [0.15, 0.2) is 12.1 Å². The largest absolute Gasteiger partial charge is 1.00 e. The number of hydrogen-bond acceptors (Lipinski definition) is 4. The van der Waals surface area contributed by atoms with Crippen molar-refractivity contribution in [2.75, 3.05) is 24.3 Å². The molecular formula is C14H23ClN4O2. The molecule has 5 N–H and O–H groups in total. The molecule has 0 unspecified atom stereocenters. The second kappa shape index (κ2) is 8.81. The molecule has 7 heteroatoms. The van der Waals surface area contributed by atoms with E-state index in [9.17, 15) is 4.79 Å². The van der Waals surface area contributed by atoms with Gasteiger partial charge in [0, 0.05) is 12.7 Å². The zero-order valence-corrected chi connectivity index (χ0v) is 13.0. The number of aromatic nitrogens is 1. The van der Waals surface area contributed by atoms with E-state index in [-0.39, 0.29) is 24.9 Å². The van der Waals surface area contributed by atoms with Gasteiger partial charge in [-0.2, -0.15) is 4.98 Å². The van der Waals surface area contributed by atoms with Gasteiger partial charge in [-0.15, -0.1) is 0 Å². The number of carbonyl (C=O) groups excluding carboxylic acids is 1. The lowest BCUT2D eigenvalue weighted by Crippen LogP contribution is -3.00. The van der Waals surface area contributed by atoms with Crippen molar-refractivity contribution in [2.45, 2.75) is 38.6 Å². The van der Waals surface area contributed by atoms with Crippen molar-refractivity contribution >= 4 is 23.2 Å². The highest BCUT2D eigenvalue weighted by Gasteiger charge is 2.19. The number of nitrogens with zero attached hydrogens (tertiary/aromatic N) is 1. The van der Waals surface area contributed by atoms with E-state index in [0.717, 1.165) is 5.82 Å². The molecule has 118 valence electrons. The summed E-state index contributed by atoms with van der Waals surface area (Å²) in [5.41, 5.74) is 6.43. The van der Waals surface area contributed by atoms with Crippen molar-refractivity contribution in [2.24, 2.45) is 0 Å². The summed E-state index contributed by atoms with van der Waals surface area (Å²) in [6.45, 7) is 2.39. The average Bonchev–Trinajstić information content (AvgIpc) is 2.92. The molecule has 1 aromatic heterocycles. The Labute approximate surface area is 131 Å². The quantitative estimate of drug-likeness (QED) is 0.554. The van der Waals surface area contributed by atoms with Gasteiger partial charge in [0.1, 0.15) is 6.61 Å². The van der Waals surface area contributed by atoms with Crippen molar-refractivity contribution in [1.29, 1.82) is 0 Å². The van der Waals surface area contributed by atoms with E-state index in [1.54, 1.807) is 6.07 Å². The number of carbonyl (C=O) groups is 1. The van der Waals surface area contributed by atoms with E-state index >= 15 is 0 Å². The molecule has 6 nitrogen and oxygen atoms in total. The van der Waals surface area contributed by atoms with Crippen LogP contribution in [-0.4, -0.2) is 30.1 Å². The van der Waals surface area contributed by atoms with Crippen LogP contribution in [0.4, 0.5) is 17.3 Å². The van der Waals surface area contributed by atoms with Crippen LogP contribution in [0.1, 0.15) is 32.6 Å². The Kier molecular flexibility index (Phi) is 7.42. The second-order valence-corrected chi connectivity index (χ2v) is 5.07. The van der Waals surface area contributed by atoms with Crippen molar-refractivity contribution in [3.05, 3.63) is 12.1 Å². The highest BCUT2D eigenvalue weighted by atomic mass is 35.5. The Bertz CT molecular complexity index is 464. The maximum Gasteiger partial charge on any atom is 0.250 e. The van der Waals surface area contributed by atoms with E-state index in [1.807, 2.05) is 13.0 Å². The van der Waals surface area contributed by atoms with E-state index in [0.29, 0.717) is 24.2 Å². The Balaban J connectivity index is 0.00000220. The van der Waals surface area contributed by atoms with E-state index in [4.69, 9.17) is 10.5 Å². The van der Waals surface area contributed by atoms with Crippen molar-refractivity contribution in [3.8, 4) is 0 Å². The predicted octanol–water partition coefficient (Wildman–Crippen LogP) is -2.22. The van der Waals surface area contributed by atoms with Crippen LogP contribution in [0, 0.1) is 0 Å². The van der Waals surface area contributed by atoms with Crippen LogP contribution in [-0.2, 0) is 9.53 Å². The summed E-state index contributed by atoms with van der Waals surface area (Å²) in [5, 5.41) is 4.88. The first-order valence-corrected chi connectivity index (χ1v) is 7.18. The smallest absolute Gasteiger partial charge is 0.250 e.